The Balaban J connectivity index is 3.91. The molecule has 2 amide bonds. The molecular formula is C15H30N2O3. The van der Waals surface area contributed by atoms with Crippen LogP contribution in [0.2, 0.25) is 0 Å². The van der Waals surface area contributed by atoms with Gasteiger partial charge in [-0.25, -0.2) is 4.79 Å². The maximum atomic E-state index is 11.6. The Kier molecular flexibility index (Phi) is 9.01. The molecule has 0 fully saturated rings. The first kappa shape index (κ1) is 18.7. The van der Waals surface area contributed by atoms with Crippen LogP contribution in [0.1, 0.15) is 59.8 Å². The largest absolute Gasteiger partial charge is 0.481 e. The van der Waals surface area contributed by atoms with E-state index < -0.39 is 11.9 Å². The van der Waals surface area contributed by atoms with Crippen LogP contribution in [0.5, 0.6) is 0 Å². The van der Waals surface area contributed by atoms with E-state index in [2.05, 4.69) is 17.6 Å². The minimum atomic E-state index is -0.858. The summed E-state index contributed by atoms with van der Waals surface area (Å²) >= 11 is 0. The molecule has 0 bridgehead atoms. The van der Waals surface area contributed by atoms with Crippen LogP contribution < -0.4 is 10.6 Å². The zero-order chi connectivity index (χ0) is 15.6. The topological polar surface area (TPSA) is 78.4 Å². The lowest BCUT2D eigenvalue weighted by Crippen LogP contribution is -2.41. The summed E-state index contributed by atoms with van der Waals surface area (Å²) in [4.78, 5) is 22.7. The molecule has 0 aliphatic carbocycles. The summed E-state index contributed by atoms with van der Waals surface area (Å²) in [5.41, 5.74) is -0.0681. The number of aliphatic carboxylic acids is 1. The predicted molar refractivity (Wildman–Crippen MR) is 80.7 cm³/mol. The first-order valence-corrected chi connectivity index (χ1v) is 7.50. The molecule has 5 heteroatoms. The Labute approximate surface area is 122 Å². The lowest BCUT2D eigenvalue weighted by Gasteiger charge is -2.23. The van der Waals surface area contributed by atoms with E-state index in [4.69, 9.17) is 5.11 Å². The van der Waals surface area contributed by atoms with Gasteiger partial charge >= 0.3 is 12.0 Å². The maximum Gasteiger partial charge on any atom is 0.314 e. The molecule has 0 saturated carbocycles. The van der Waals surface area contributed by atoms with Gasteiger partial charge in [0.25, 0.3) is 0 Å². The van der Waals surface area contributed by atoms with Crippen LogP contribution in [-0.4, -0.2) is 30.2 Å². The summed E-state index contributed by atoms with van der Waals surface area (Å²) in [5.74, 6) is -1.40. The van der Waals surface area contributed by atoms with Crippen LogP contribution in [0.25, 0.3) is 0 Å². The van der Waals surface area contributed by atoms with Gasteiger partial charge in [-0.3, -0.25) is 4.79 Å². The molecule has 0 aromatic carbocycles. The van der Waals surface area contributed by atoms with E-state index in [1.54, 1.807) is 0 Å². The molecule has 20 heavy (non-hydrogen) atoms. The number of hydrogen-bond acceptors (Lipinski definition) is 2. The number of carbonyl (C=O) groups excluding carboxylic acids is 1. The average molecular weight is 286 g/mol. The summed E-state index contributed by atoms with van der Waals surface area (Å²) in [5, 5.41) is 14.6. The third-order valence-corrected chi connectivity index (χ3v) is 3.03. The Bertz CT molecular complexity index is 298. The number of nitrogens with one attached hydrogen (secondary N) is 2. The van der Waals surface area contributed by atoms with E-state index in [9.17, 15) is 9.59 Å². The summed E-state index contributed by atoms with van der Waals surface area (Å²) in [6, 6.07) is -0.276. The van der Waals surface area contributed by atoms with E-state index in [1.807, 2.05) is 20.8 Å². The number of carboxylic acid groups (broad SMARTS) is 1. The Morgan fingerprint density at radius 2 is 1.75 bits per heavy atom. The number of carbonyl (C=O) groups is 2. The molecule has 0 spiro atoms. The summed E-state index contributed by atoms with van der Waals surface area (Å²) in [7, 11) is 0. The van der Waals surface area contributed by atoms with Gasteiger partial charge in [0, 0.05) is 13.1 Å². The van der Waals surface area contributed by atoms with Crippen molar-refractivity contribution in [2.75, 3.05) is 13.1 Å². The highest BCUT2D eigenvalue weighted by Gasteiger charge is 2.24. The molecule has 0 aliphatic heterocycles. The molecule has 0 rings (SSSR count). The fourth-order valence-corrected chi connectivity index (χ4v) is 2.02. The van der Waals surface area contributed by atoms with Crippen molar-refractivity contribution < 1.29 is 14.7 Å². The van der Waals surface area contributed by atoms with Gasteiger partial charge in [-0.2, -0.15) is 0 Å². The molecule has 1 unspecified atom stereocenters. The van der Waals surface area contributed by atoms with Crippen LogP contribution in [0.3, 0.4) is 0 Å². The Hall–Kier alpha value is -1.26. The molecule has 0 aromatic heterocycles. The van der Waals surface area contributed by atoms with E-state index in [-0.39, 0.29) is 18.0 Å². The molecule has 118 valence electrons. The van der Waals surface area contributed by atoms with E-state index >= 15 is 0 Å². The number of hydrogen-bond donors (Lipinski definition) is 3. The molecular weight excluding hydrogens is 256 g/mol. The van der Waals surface area contributed by atoms with Crippen LogP contribution in [0, 0.1) is 11.3 Å². The standard InChI is InChI=1S/C15H30N2O3/c1-5-6-7-8-9-16-14(20)17-11-12(13(18)19)10-15(2,3)4/h12H,5-11H2,1-4H3,(H,18,19)(H2,16,17,20). The fraction of sp³-hybridized carbons (Fsp3) is 0.867. The van der Waals surface area contributed by atoms with Gasteiger partial charge in [0.2, 0.25) is 0 Å². The van der Waals surface area contributed by atoms with Gasteiger partial charge in [-0.1, -0.05) is 47.0 Å². The van der Waals surface area contributed by atoms with Crippen molar-refractivity contribution in [3.05, 3.63) is 0 Å². The van der Waals surface area contributed by atoms with Crippen molar-refractivity contribution in [2.45, 2.75) is 59.8 Å². The average Bonchev–Trinajstić information content (AvgIpc) is 2.32. The van der Waals surface area contributed by atoms with E-state index in [0.29, 0.717) is 13.0 Å². The SMILES string of the molecule is CCCCCCNC(=O)NCC(CC(C)(C)C)C(=O)O. The summed E-state index contributed by atoms with van der Waals surface area (Å²) in [6.45, 7) is 8.95. The molecule has 5 nitrogen and oxygen atoms in total. The normalized spacial score (nSPS) is 12.8. The van der Waals surface area contributed by atoms with Gasteiger partial charge < -0.3 is 15.7 Å². The number of carboxylic acids is 1. The summed E-state index contributed by atoms with van der Waals surface area (Å²) in [6.07, 6.45) is 4.96. The Morgan fingerprint density at radius 1 is 1.10 bits per heavy atom. The highest BCUT2D eigenvalue weighted by molar-refractivity contribution is 5.75. The lowest BCUT2D eigenvalue weighted by atomic mass is 9.84. The lowest BCUT2D eigenvalue weighted by molar-refractivity contribution is -0.142. The molecule has 0 saturated heterocycles. The predicted octanol–water partition coefficient (Wildman–Crippen LogP) is 3.00. The quantitative estimate of drug-likeness (QED) is 0.570. The summed E-state index contributed by atoms with van der Waals surface area (Å²) < 4.78 is 0. The van der Waals surface area contributed by atoms with Gasteiger partial charge in [0.15, 0.2) is 0 Å². The van der Waals surface area contributed by atoms with Crippen molar-refractivity contribution in [3.8, 4) is 0 Å². The fourth-order valence-electron chi connectivity index (χ4n) is 2.02. The van der Waals surface area contributed by atoms with Crippen LogP contribution in [0.4, 0.5) is 4.79 Å². The molecule has 3 N–H and O–H groups in total. The number of amides is 2. The van der Waals surface area contributed by atoms with Gasteiger partial charge in [-0.15, -0.1) is 0 Å². The van der Waals surface area contributed by atoms with Crippen LogP contribution in [-0.2, 0) is 4.79 Å². The van der Waals surface area contributed by atoms with Crippen molar-refractivity contribution >= 4 is 12.0 Å². The molecule has 0 radical (unpaired) electrons. The minimum absolute atomic E-state index is 0.0681. The van der Waals surface area contributed by atoms with Crippen molar-refractivity contribution in [1.82, 2.24) is 10.6 Å². The zero-order valence-corrected chi connectivity index (χ0v) is 13.3. The third-order valence-electron chi connectivity index (χ3n) is 3.03. The third kappa shape index (κ3) is 10.6. The van der Waals surface area contributed by atoms with Crippen molar-refractivity contribution in [2.24, 2.45) is 11.3 Å². The van der Waals surface area contributed by atoms with Crippen molar-refractivity contribution in [1.29, 1.82) is 0 Å². The van der Waals surface area contributed by atoms with Gasteiger partial charge in [-0.05, 0) is 18.3 Å². The van der Waals surface area contributed by atoms with Crippen LogP contribution in [0.15, 0.2) is 0 Å². The first-order chi connectivity index (χ1) is 9.26. The van der Waals surface area contributed by atoms with Gasteiger partial charge in [0.05, 0.1) is 5.92 Å². The monoisotopic (exact) mass is 286 g/mol. The maximum absolute atomic E-state index is 11.6. The second kappa shape index (κ2) is 9.61. The van der Waals surface area contributed by atoms with Crippen LogP contribution >= 0.6 is 0 Å². The molecule has 0 aromatic rings. The second-order valence-electron chi connectivity index (χ2n) is 6.50. The van der Waals surface area contributed by atoms with Crippen molar-refractivity contribution in [3.63, 3.8) is 0 Å². The molecule has 1 atom stereocenters. The number of unbranched alkanes of at least 4 members (excludes halogenated alkanes) is 3. The Morgan fingerprint density at radius 3 is 2.25 bits per heavy atom. The zero-order valence-electron chi connectivity index (χ0n) is 13.3. The smallest absolute Gasteiger partial charge is 0.314 e. The number of urea groups is 1. The number of rotatable bonds is 9. The molecule has 0 heterocycles. The van der Waals surface area contributed by atoms with Gasteiger partial charge in [0.1, 0.15) is 0 Å². The first-order valence-electron chi connectivity index (χ1n) is 7.50. The molecule has 0 aliphatic rings. The van der Waals surface area contributed by atoms with E-state index in [1.165, 1.54) is 12.8 Å². The minimum Gasteiger partial charge on any atom is -0.481 e. The second-order valence-corrected chi connectivity index (χ2v) is 6.50. The highest BCUT2D eigenvalue weighted by Crippen LogP contribution is 2.24. The van der Waals surface area contributed by atoms with E-state index in [0.717, 1.165) is 12.8 Å². The highest BCUT2D eigenvalue weighted by atomic mass is 16.4.